The minimum atomic E-state index is -1.57. The predicted molar refractivity (Wildman–Crippen MR) is 66.6 cm³/mol. The van der Waals surface area contributed by atoms with E-state index in [1.54, 1.807) is 0 Å². The van der Waals surface area contributed by atoms with Gasteiger partial charge < -0.3 is 5.11 Å². The van der Waals surface area contributed by atoms with Crippen LogP contribution >= 0.6 is 7.14 Å². The molecular formula is C12H21BOP+. The van der Waals surface area contributed by atoms with E-state index in [0.717, 1.165) is 17.8 Å². The average molecular weight is 223 g/mol. The lowest BCUT2D eigenvalue weighted by Crippen LogP contribution is -2.51. The van der Waals surface area contributed by atoms with E-state index in [9.17, 15) is 5.11 Å². The minimum Gasteiger partial charge on any atom is -0.363 e. The van der Waals surface area contributed by atoms with Crippen molar-refractivity contribution in [2.45, 2.75) is 43.7 Å². The van der Waals surface area contributed by atoms with Crippen molar-refractivity contribution in [2.24, 2.45) is 17.8 Å². The lowest BCUT2D eigenvalue weighted by atomic mass is 9.56. The summed E-state index contributed by atoms with van der Waals surface area (Å²) in [7, 11) is 4.91. The number of aliphatic hydroxyl groups is 1. The van der Waals surface area contributed by atoms with E-state index in [1.165, 1.54) is 38.5 Å². The summed E-state index contributed by atoms with van der Waals surface area (Å²) in [6, 6.07) is 0. The zero-order valence-corrected chi connectivity index (χ0v) is 10.5. The second kappa shape index (κ2) is 3.23. The van der Waals surface area contributed by atoms with Crippen LogP contribution in [0.4, 0.5) is 0 Å². The first-order valence-electron chi connectivity index (χ1n) is 6.30. The van der Waals surface area contributed by atoms with Crippen molar-refractivity contribution in [3.05, 3.63) is 0 Å². The van der Waals surface area contributed by atoms with Crippen molar-refractivity contribution >= 4 is 14.7 Å². The van der Waals surface area contributed by atoms with Crippen LogP contribution in [0.25, 0.3) is 0 Å². The Kier molecular flexibility index (Phi) is 2.28. The standard InChI is InChI=1S/C12H21BOP/c1-15(13,8-14)12-5-9-2-10(6-12)4-11(3-9)7-12/h9-11,14H,2-8H2,1H3/q+1. The summed E-state index contributed by atoms with van der Waals surface area (Å²) < 4.78 is 0. The van der Waals surface area contributed by atoms with Crippen LogP contribution < -0.4 is 0 Å². The third-order valence-electron chi connectivity index (χ3n) is 5.38. The van der Waals surface area contributed by atoms with Crippen molar-refractivity contribution < 1.29 is 5.11 Å². The zero-order valence-electron chi connectivity index (χ0n) is 9.65. The Labute approximate surface area is 94.7 Å². The van der Waals surface area contributed by atoms with E-state index in [1.807, 2.05) is 0 Å². The second-order valence-electron chi connectivity index (χ2n) is 6.55. The Morgan fingerprint density at radius 2 is 1.53 bits per heavy atom. The molecule has 1 N–H and O–H groups in total. The molecule has 4 aliphatic rings. The lowest BCUT2D eigenvalue weighted by molar-refractivity contribution is 0.0344. The Morgan fingerprint density at radius 1 is 1.13 bits per heavy atom. The van der Waals surface area contributed by atoms with Gasteiger partial charge in [-0.2, -0.15) is 0 Å². The highest BCUT2D eigenvalue weighted by Gasteiger charge is 2.60. The van der Waals surface area contributed by atoms with Gasteiger partial charge >= 0.3 is 7.57 Å². The van der Waals surface area contributed by atoms with Gasteiger partial charge in [-0.3, -0.25) is 0 Å². The molecule has 0 aromatic rings. The Bertz CT molecular complexity index is 242. The minimum absolute atomic E-state index is 0.263. The molecule has 0 spiro atoms. The number of aliphatic hydroxyl groups excluding tert-OH is 1. The molecule has 0 aliphatic heterocycles. The van der Waals surface area contributed by atoms with Crippen molar-refractivity contribution in [3.63, 3.8) is 0 Å². The van der Waals surface area contributed by atoms with E-state index in [0.29, 0.717) is 5.16 Å². The molecular weight excluding hydrogens is 202 g/mol. The van der Waals surface area contributed by atoms with Crippen LogP contribution in [0.2, 0.25) is 0 Å². The molecule has 82 valence electrons. The molecule has 2 radical (unpaired) electrons. The van der Waals surface area contributed by atoms with E-state index >= 15 is 0 Å². The van der Waals surface area contributed by atoms with E-state index in [-0.39, 0.29) is 6.35 Å². The van der Waals surface area contributed by atoms with Crippen molar-refractivity contribution in [3.8, 4) is 0 Å². The number of rotatable bonds is 2. The molecule has 1 nitrogen and oxygen atoms in total. The molecule has 1 unspecified atom stereocenters. The molecule has 4 rings (SSSR count). The van der Waals surface area contributed by atoms with Gasteiger partial charge in [0.25, 0.3) is 0 Å². The van der Waals surface area contributed by atoms with Crippen molar-refractivity contribution in [2.75, 3.05) is 13.0 Å². The normalized spacial score (nSPS) is 51.7. The summed E-state index contributed by atoms with van der Waals surface area (Å²) in [4.78, 5) is 0. The van der Waals surface area contributed by atoms with Gasteiger partial charge in [0, 0.05) is 6.66 Å². The van der Waals surface area contributed by atoms with Crippen LogP contribution in [-0.2, 0) is 0 Å². The first-order chi connectivity index (χ1) is 7.05. The topological polar surface area (TPSA) is 20.2 Å². The Balaban J connectivity index is 1.93. The first-order valence-corrected chi connectivity index (χ1v) is 8.79. The molecule has 4 fully saturated rings. The van der Waals surface area contributed by atoms with Crippen molar-refractivity contribution in [1.82, 2.24) is 0 Å². The average Bonchev–Trinajstić information content (AvgIpc) is 2.15. The zero-order chi connectivity index (χ0) is 10.7. The summed E-state index contributed by atoms with van der Waals surface area (Å²) >= 11 is 0. The SMILES string of the molecule is [B][P+](C)(CO)C12CC3CC(CC(C3)C1)C2. The fourth-order valence-electron chi connectivity index (χ4n) is 4.84. The van der Waals surface area contributed by atoms with Gasteiger partial charge in [-0.1, -0.05) is 0 Å². The molecule has 0 aromatic heterocycles. The molecule has 4 bridgehead atoms. The van der Waals surface area contributed by atoms with Gasteiger partial charge in [-0.15, -0.1) is 0 Å². The molecule has 0 amide bonds. The summed E-state index contributed by atoms with van der Waals surface area (Å²) in [6.07, 6.45) is 8.65. The lowest BCUT2D eigenvalue weighted by Gasteiger charge is -2.58. The van der Waals surface area contributed by atoms with Gasteiger partial charge in [0.2, 0.25) is 0 Å². The molecule has 4 saturated carbocycles. The maximum atomic E-state index is 9.58. The second-order valence-corrected chi connectivity index (χ2v) is 10.3. The summed E-state index contributed by atoms with van der Waals surface area (Å²) in [5.74, 6) is 2.85. The van der Waals surface area contributed by atoms with Crippen LogP contribution in [0.15, 0.2) is 0 Å². The fourth-order valence-corrected chi connectivity index (χ4v) is 7.17. The fraction of sp³-hybridized carbons (Fsp3) is 1.00. The molecule has 1 atom stereocenters. The number of hydrogen-bond donors (Lipinski definition) is 1. The largest absolute Gasteiger partial charge is 0.368 e. The van der Waals surface area contributed by atoms with Gasteiger partial charge in [-0.05, 0) is 63.4 Å². The van der Waals surface area contributed by atoms with Crippen LogP contribution in [0.1, 0.15) is 38.5 Å². The maximum absolute atomic E-state index is 9.58. The third kappa shape index (κ3) is 1.44. The Hall–Kier alpha value is 0.455. The molecule has 15 heavy (non-hydrogen) atoms. The predicted octanol–water partition coefficient (Wildman–Crippen LogP) is 2.64. The molecule has 0 heterocycles. The van der Waals surface area contributed by atoms with Crippen LogP contribution in [0.3, 0.4) is 0 Å². The van der Waals surface area contributed by atoms with E-state index < -0.39 is 7.14 Å². The highest BCUT2D eigenvalue weighted by molar-refractivity contribution is 7.97. The van der Waals surface area contributed by atoms with E-state index in [2.05, 4.69) is 6.66 Å². The van der Waals surface area contributed by atoms with Gasteiger partial charge in [-0.25, -0.2) is 0 Å². The summed E-state index contributed by atoms with van der Waals surface area (Å²) in [6.45, 7) is 2.18. The maximum Gasteiger partial charge on any atom is 0.368 e. The van der Waals surface area contributed by atoms with E-state index in [4.69, 9.17) is 7.57 Å². The summed E-state index contributed by atoms with van der Waals surface area (Å²) in [5, 5.41) is 9.96. The van der Waals surface area contributed by atoms with Gasteiger partial charge in [0.1, 0.15) is 6.35 Å². The first kappa shape index (κ1) is 10.6. The monoisotopic (exact) mass is 223 g/mol. The smallest absolute Gasteiger partial charge is 0.363 e. The molecule has 0 aromatic carbocycles. The van der Waals surface area contributed by atoms with Crippen LogP contribution in [0.5, 0.6) is 0 Å². The summed E-state index contributed by atoms with van der Waals surface area (Å²) in [5.41, 5.74) is 0. The number of hydrogen-bond acceptors (Lipinski definition) is 1. The van der Waals surface area contributed by atoms with Crippen LogP contribution in [0, 0.1) is 17.8 Å². The highest BCUT2D eigenvalue weighted by atomic mass is 31.2. The highest BCUT2D eigenvalue weighted by Crippen LogP contribution is 2.74. The Morgan fingerprint density at radius 3 is 1.87 bits per heavy atom. The molecule has 4 aliphatic carbocycles. The van der Waals surface area contributed by atoms with Gasteiger partial charge in [0.15, 0.2) is 0 Å². The van der Waals surface area contributed by atoms with Crippen LogP contribution in [-0.4, -0.2) is 30.8 Å². The molecule has 3 heteroatoms. The van der Waals surface area contributed by atoms with Gasteiger partial charge in [0.05, 0.1) is 5.16 Å². The van der Waals surface area contributed by atoms with Crippen molar-refractivity contribution in [1.29, 1.82) is 0 Å². The quantitative estimate of drug-likeness (QED) is 0.563. The third-order valence-corrected chi connectivity index (χ3v) is 8.69. The molecule has 0 saturated heterocycles.